The van der Waals surface area contributed by atoms with Gasteiger partial charge in [-0.3, -0.25) is 0 Å². The maximum Gasteiger partial charge on any atom is 0.183 e. The molecule has 0 amide bonds. The van der Waals surface area contributed by atoms with E-state index in [9.17, 15) is 0 Å². The Balaban J connectivity index is 1.53. The number of hydrogen-bond donors (Lipinski definition) is 1. The predicted molar refractivity (Wildman–Crippen MR) is 143 cm³/mol. The van der Waals surface area contributed by atoms with Gasteiger partial charge in [0.15, 0.2) is 5.88 Å². The minimum atomic E-state index is 0.389. The van der Waals surface area contributed by atoms with Crippen LogP contribution in [0, 0.1) is 0 Å². The lowest BCUT2D eigenvalue weighted by molar-refractivity contribution is 0.214. The van der Waals surface area contributed by atoms with E-state index < -0.39 is 0 Å². The standard InChI is InChI=1S/C30H33ClN2O/c1-22(34-19-9-8-16-31)32-25-20-28-26(23-10-4-2-5-11-23)14-17-33-18-15-27(29(21-25)30(28)33)24-12-6-3-7-13-24/h2-7,10-13,20-21,26-27,32H,1,8-9,14-19H2. The lowest BCUT2D eigenvalue weighted by atomic mass is 9.76. The number of ether oxygens (including phenoxy) is 1. The summed E-state index contributed by atoms with van der Waals surface area (Å²) < 4.78 is 5.85. The highest BCUT2D eigenvalue weighted by Gasteiger charge is 2.35. The number of benzene rings is 3. The maximum absolute atomic E-state index is 5.85. The van der Waals surface area contributed by atoms with Crippen LogP contribution in [0.5, 0.6) is 0 Å². The summed E-state index contributed by atoms with van der Waals surface area (Å²) >= 11 is 5.80. The first-order valence-corrected chi connectivity index (χ1v) is 13.0. The van der Waals surface area contributed by atoms with Gasteiger partial charge in [0.1, 0.15) is 0 Å². The molecule has 0 fully saturated rings. The summed E-state index contributed by atoms with van der Waals surface area (Å²) in [7, 11) is 0. The van der Waals surface area contributed by atoms with E-state index in [0.717, 1.165) is 44.5 Å². The number of halogens is 1. The zero-order valence-electron chi connectivity index (χ0n) is 19.7. The summed E-state index contributed by atoms with van der Waals surface area (Å²) in [5.74, 6) is 2.04. The molecule has 3 aromatic carbocycles. The Morgan fingerprint density at radius 3 is 1.97 bits per heavy atom. The molecule has 2 unspecified atom stereocenters. The van der Waals surface area contributed by atoms with Crippen LogP contribution < -0.4 is 10.2 Å². The van der Waals surface area contributed by atoms with Crippen molar-refractivity contribution >= 4 is 23.0 Å². The van der Waals surface area contributed by atoms with Crippen molar-refractivity contribution in [1.82, 2.24) is 0 Å². The van der Waals surface area contributed by atoms with E-state index in [-0.39, 0.29) is 0 Å². The molecule has 5 rings (SSSR count). The van der Waals surface area contributed by atoms with Gasteiger partial charge >= 0.3 is 0 Å². The van der Waals surface area contributed by atoms with Gasteiger partial charge in [-0.2, -0.15) is 0 Å². The van der Waals surface area contributed by atoms with Gasteiger partial charge in [-0.15, -0.1) is 11.6 Å². The molecule has 3 aromatic rings. The fourth-order valence-electron chi connectivity index (χ4n) is 5.52. The highest BCUT2D eigenvalue weighted by molar-refractivity contribution is 6.17. The van der Waals surface area contributed by atoms with E-state index in [1.807, 2.05) is 0 Å². The summed E-state index contributed by atoms with van der Waals surface area (Å²) in [6, 6.07) is 26.5. The van der Waals surface area contributed by atoms with Gasteiger partial charge in [-0.25, -0.2) is 0 Å². The van der Waals surface area contributed by atoms with Gasteiger partial charge in [0.25, 0.3) is 0 Å². The average molecular weight is 473 g/mol. The molecule has 3 nitrogen and oxygen atoms in total. The van der Waals surface area contributed by atoms with Crippen LogP contribution in [0.3, 0.4) is 0 Å². The van der Waals surface area contributed by atoms with Crippen molar-refractivity contribution in [1.29, 1.82) is 0 Å². The molecule has 34 heavy (non-hydrogen) atoms. The van der Waals surface area contributed by atoms with Crippen LogP contribution in [0.15, 0.2) is 85.3 Å². The number of nitrogens with zero attached hydrogens (tertiary/aromatic N) is 1. The highest BCUT2D eigenvalue weighted by Crippen LogP contribution is 2.49. The van der Waals surface area contributed by atoms with Crippen molar-refractivity contribution in [2.75, 3.05) is 35.8 Å². The fraction of sp³-hybridized carbons (Fsp3) is 0.333. The second-order valence-corrected chi connectivity index (χ2v) is 9.66. The number of anilines is 2. The van der Waals surface area contributed by atoms with Crippen LogP contribution in [0.2, 0.25) is 0 Å². The molecule has 0 aliphatic carbocycles. The Bertz CT molecular complexity index is 1040. The quantitative estimate of drug-likeness (QED) is 0.198. The average Bonchev–Trinajstić information content (AvgIpc) is 2.88. The van der Waals surface area contributed by atoms with E-state index in [2.05, 4.69) is 89.6 Å². The van der Waals surface area contributed by atoms with Gasteiger partial charge in [0.2, 0.25) is 0 Å². The molecular weight excluding hydrogens is 440 g/mol. The topological polar surface area (TPSA) is 24.5 Å². The van der Waals surface area contributed by atoms with Crippen LogP contribution in [-0.4, -0.2) is 25.6 Å². The van der Waals surface area contributed by atoms with Crippen molar-refractivity contribution in [3.8, 4) is 0 Å². The lowest BCUT2D eigenvalue weighted by Crippen LogP contribution is -2.37. The summed E-state index contributed by atoms with van der Waals surface area (Å²) in [6.45, 7) is 6.95. The van der Waals surface area contributed by atoms with Crippen LogP contribution in [0.4, 0.5) is 11.4 Å². The Labute approximate surface area is 208 Å². The third-order valence-corrected chi connectivity index (χ3v) is 7.37. The van der Waals surface area contributed by atoms with Crippen LogP contribution in [0.1, 0.15) is 59.8 Å². The molecule has 2 aliphatic rings. The first-order chi connectivity index (χ1) is 16.7. The normalized spacial score (nSPS) is 18.8. The van der Waals surface area contributed by atoms with E-state index >= 15 is 0 Å². The Hall–Kier alpha value is -2.91. The zero-order chi connectivity index (χ0) is 23.3. The van der Waals surface area contributed by atoms with Gasteiger partial charge in [-0.1, -0.05) is 60.7 Å². The molecule has 2 atom stereocenters. The van der Waals surface area contributed by atoms with E-state index in [4.69, 9.17) is 16.3 Å². The lowest BCUT2D eigenvalue weighted by Gasteiger charge is -2.43. The van der Waals surface area contributed by atoms with E-state index in [0.29, 0.717) is 30.2 Å². The molecule has 176 valence electrons. The van der Waals surface area contributed by atoms with Gasteiger partial charge in [-0.05, 0) is 66.6 Å². The highest BCUT2D eigenvalue weighted by atomic mass is 35.5. The van der Waals surface area contributed by atoms with Crippen LogP contribution in [-0.2, 0) is 4.74 Å². The minimum Gasteiger partial charge on any atom is -0.479 e. The fourth-order valence-corrected chi connectivity index (χ4v) is 5.71. The molecule has 0 aromatic heterocycles. The molecule has 2 aliphatic heterocycles. The summed E-state index contributed by atoms with van der Waals surface area (Å²) in [5.41, 5.74) is 8.08. The molecule has 4 heteroatoms. The molecule has 0 saturated carbocycles. The monoisotopic (exact) mass is 472 g/mol. The number of rotatable bonds is 9. The zero-order valence-corrected chi connectivity index (χ0v) is 20.4. The second kappa shape index (κ2) is 10.6. The smallest absolute Gasteiger partial charge is 0.183 e. The molecular formula is C30H33ClN2O. The summed E-state index contributed by atoms with van der Waals surface area (Å²) in [4.78, 5) is 2.60. The molecule has 1 N–H and O–H groups in total. The number of alkyl halides is 1. The van der Waals surface area contributed by atoms with Crippen molar-refractivity contribution in [3.05, 3.63) is 108 Å². The van der Waals surface area contributed by atoms with Crippen molar-refractivity contribution in [3.63, 3.8) is 0 Å². The predicted octanol–water partition coefficient (Wildman–Crippen LogP) is 7.48. The van der Waals surface area contributed by atoms with Gasteiger partial charge in [0, 0.05) is 42.2 Å². The Morgan fingerprint density at radius 1 is 0.882 bits per heavy atom. The first kappa shape index (κ1) is 22.9. The third kappa shape index (κ3) is 4.81. The minimum absolute atomic E-state index is 0.389. The van der Waals surface area contributed by atoms with Gasteiger partial charge in [0.05, 0.1) is 6.61 Å². The van der Waals surface area contributed by atoms with Crippen molar-refractivity contribution in [2.45, 2.75) is 37.5 Å². The maximum atomic E-state index is 5.85. The Morgan fingerprint density at radius 2 is 1.44 bits per heavy atom. The summed E-state index contributed by atoms with van der Waals surface area (Å²) in [5, 5.41) is 3.46. The number of hydrogen-bond acceptors (Lipinski definition) is 3. The van der Waals surface area contributed by atoms with Crippen molar-refractivity contribution < 1.29 is 4.74 Å². The molecule has 0 spiro atoms. The number of nitrogens with one attached hydrogen (secondary N) is 1. The summed E-state index contributed by atoms with van der Waals surface area (Å²) in [6.07, 6.45) is 4.14. The molecule has 0 radical (unpaired) electrons. The number of unbranched alkanes of at least 4 members (excludes halogenated alkanes) is 1. The first-order valence-electron chi connectivity index (χ1n) is 12.4. The third-order valence-electron chi connectivity index (χ3n) is 7.10. The molecule has 0 bridgehead atoms. The largest absolute Gasteiger partial charge is 0.479 e. The molecule has 0 saturated heterocycles. The Kier molecular flexibility index (Phi) is 7.10. The van der Waals surface area contributed by atoms with Crippen LogP contribution >= 0.6 is 11.6 Å². The van der Waals surface area contributed by atoms with Gasteiger partial charge < -0.3 is 15.0 Å². The second-order valence-electron chi connectivity index (χ2n) is 9.29. The molecule has 2 heterocycles. The van der Waals surface area contributed by atoms with Crippen LogP contribution in [0.25, 0.3) is 0 Å². The van der Waals surface area contributed by atoms with E-state index in [1.165, 1.54) is 27.9 Å². The van der Waals surface area contributed by atoms with Crippen molar-refractivity contribution in [2.24, 2.45) is 0 Å². The van der Waals surface area contributed by atoms with E-state index in [1.54, 1.807) is 0 Å². The SMILES string of the molecule is C=C(Nc1cc2c3c(c1)C(c1ccccc1)CCN3CCC2c1ccccc1)OCCCCCl.